The van der Waals surface area contributed by atoms with Gasteiger partial charge < -0.3 is 14.2 Å². The number of hydrogen-bond donors (Lipinski definition) is 1. The van der Waals surface area contributed by atoms with Crippen LogP contribution in [0, 0.1) is 0 Å². The van der Waals surface area contributed by atoms with Crippen LogP contribution in [0.5, 0.6) is 5.75 Å². The number of nitrogens with zero attached hydrogens (tertiary/aromatic N) is 2. The van der Waals surface area contributed by atoms with Crippen molar-refractivity contribution in [2.24, 2.45) is 0 Å². The number of nitrogens with one attached hydrogen (secondary N) is 1. The normalized spacial score (nSPS) is 12.2. The van der Waals surface area contributed by atoms with E-state index in [1.807, 2.05) is 30.3 Å². The SMILES string of the molecule is CCc1ccc(-c2noc(C[NH+](C)Cc3cc(Cl)ccc3OC)n2)cc1. The summed E-state index contributed by atoms with van der Waals surface area (Å²) in [7, 11) is 3.73. The van der Waals surface area contributed by atoms with E-state index in [-0.39, 0.29) is 0 Å². The highest BCUT2D eigenvalue weighted by atomic mass is 35.5. The van der Waals surface area contributed by atoms with Crippen molar-refractivity contribution in [1.29, 1.82) is 0 Å². The van der Waals surface area contributed by atoms with Gasteiger partial charge >= 0.3 is 0 Å². The van der Waals surface area contributed by atoms with Crippen LogP contribution in [0.1, 0.15) is 23.9 Å². The average molecular weight is 373 g/mol. The van der Waals surface area contributed by atoms with Gasteiger partial charge in [-0.2, -0.15) is 4.98 Å². The molecule has 1 unspecified atom stereocenters. The van der Waals surface area contributed by atoms with Crippen LogP contribution in [0.3, 0.4) is 0 Å². The second kappa shape index (κ2) is 8.34. The Bertz CT molecular complexity index is 862. The van der Waals surface area contributed by atoms with Gasteiger partial charge in [0.05, 0.1) is 14.2 Å². The number of benzene rings is 2. The Balaban J connectivity index is 1.67. The molecule has 0 fully saturated rings. The second-order valence-corrected chi connectivity index (χ2v) is 6.77. The molecule has 0 aliphatic rings. The molecule has 3 aromatic rings. The summed E-state index contributed by atoms with van der Waals surface area (Å²) in [6.45, 7) is 3.50. The molecule has 3 rings (SSSR count). The van der Waals surface area contributed by atoms with Gasteiger partial charge in [-0.3, -0.25) is 0 Å². The number of aryl methyl sites for hydroxylation is 1. The van der Waals surface area contributed by atoms with Crippen LogP contribution in [0.25, 0.3) is 11.4 Å². The second-order valence-electron chi connectivity index (χ2n) is 6.33. The van der Waals surface area contributed by atoms with Crippen molar-refractivity contribution in [3.05, 3.63) is 64.5 Å². The van der Waals surface area contributed by atoms with Crippen LogP contribution in [0.2, 0.25) is 5.02 Å². The van der Waals surface area contributed by atoms with Crippen LogP contribution in [-0.2, 0) is 19.5 Å². The largest absolute Gasteiger partial charge is 0.496 e. The van der Waals surface area contributed by atoms with Crippen LogP contribution in [-0.4, -0.2) is 24.3 Å². The van der Waals surface area contributed by atoms with Gasteiger partial charge in [0.15, 0.2) is 6.54 Å². The number of halogens is 1. The van der Waals surface area contributed by atoms with E-state index in [4.69, 9.17) is 20.9 Å². The molecule has 1 heterocycles. The maximum absolute atomic E-state index is 6.10. The lowest BCUT2D eigenvalue weighted by atomic mass is 10.1. The van der Waals surface area contributed by atoms with Crippen molar-refractivity contribution in [1.82, 2.24) is 10.1 Å². The minimum absolute atomic E-state index is 0.609. The maximum atomic E-state index is 6.10. The van der Waals surface area contributed by atoms with Crippen molar-refractivity contribution >= 4 is 11.6 Å². The summed E-state index contributed by atoms with van der Waals surface area (Å²) in [5, 5.41) is 4.80. The molecule has 136 valence electrons. The first-order chi connectivity index (χ1) is 12.6. The van der Waals surface area contributed by atoms with Gasteiger partial charge in [0.2, 0.25) is 5.82 Å². The average Bonchev–Trinajstić information content (AvgIpc) is 3.10. The molecular weight excluding hydrogens is 350 g/mol. The van der Waals surface area contributed by atoms with Crippen molar-refractivity contribution < 1.29 is 14.2 Å². The van der Waals surface area contributed by atoms with Crippen molar-refractivity contribution in [2.75, 3.05) is 14.2 Å². The quantitative estimate of drug-likeness (QED) is 0.692. The van der Waals surface area contributed by atoms with Crippen LogP contribution in [0.15, 0.2) is 47.0 Å². The zero-order valence-corrected chi connectivity index (χ0v) is 16.0. The summed E-state index contributed by atoms with van der Waals surface area (Å²) >= 11 is 6.10. The lowest BCUT2D eigenvalue weighted by molar-refractivity contribution is -0.909. The van der Waals surface area contributed by atoms with Gasteiger partial charge in [-0.05, 0) is 30.2 Å². The summed E-state index contributed by atoms with van der Waals surface area (Å²) in [6, 6.07) is 13.9. The topological polar surface area (TPSA) is 52.6 Å². The molecule has 26 heavy (non-hydrogen) atoms. The Morgan fingerprint density at radius 2 is 1.88 bits per heavy atom. The van der Waals surface area contributed by atoms with E-state index in [2.05, 4.69) is 36.2 Å². The highest BCUT2D eigenvalue weighted by Crippen LogP contribution is 2.22. The Morgan fingerprint density at radius 3 is 2.58 bits per heavy atom. The van der Waals surface area contributed by atoms with E-state index in [9.17, 15) is 0 Å². The Morgan fingerprint density at radius 1 is 1.12 bits per heavy atom. The fourth-order valence-corrected chi connectivity index (χ4v) is 3.06. The fourth-order valence-electron chi connectivity index (χ4n) is 2.86. The van der Waals surface area contributed by atoms with Crippen molar-refractivity contribution in [2.45, 2.75) is 26.4 Å². The predicted molar refractivity (Wildman–Crippen MR) is 101 cm³/mol. The fraction of sp³-hybridized carbons (Fsp3) is 0.300. The first-order valence-electron chi connectivity index (χ1n) is 8.64. The number of hydrogen-bond acceptors (Lipinski definition) is 4. The molecule has 6 heteroatoms. The van der Waals surface area contributed by atoms with E-state index >= 15 is 0 Å². The predicted octanol–water partition coefficient (Wildman–Crippen LogP) is 3.18. The summed E-state index contributed by atoms with van der Waals surface area (Å²) in [4.78, 5) is 5.72. The Hall–Kier alpha value is -2.37. The number of quaternary nitrogens is 1. The monoisotopic (exact) mass is 372 g/mol. The van der Waals surface area contributed by atoms with E-state index in [1.165, 1.54) is 10.5 Å². The number of ether oxygens (including phenoxy) is 1. The van der Waals surface area contributed by atoms with Crippen LogP contribution in [0.4, 0.5) is 0 Å². The molecule has 0 aliphatic heterocycles. The van der Waals surface area contributed by atoms with E-state index in [0.717, 1.165) is 29.8 Å². The molecule has 0 aliphatic carbocycles. The number of methoxy groups -OCH3 is 1. The first-order valence-corrected chi connectivity index (χ1v) is 9.02. The van der Waals surface area contributed by atoms with Crippen LogP contribution < -0.4 is 9.64 Å². The van der Waals surface area contributed by atoms with E-state index in [0.29, 0.717) is 23.3 Å². The number of rotatable bonds is 7. The molecular formula is C20H23ClN3O2+. The maximum Gasteiger partial charge on any atom is 0.282 e. The molecule has 1 atom stereocenters. The lowest BCUT2D eigenvalue weighted by Gasteiger charge is -2.14. The summed E-state index contributed by atoms with van der Waals surface area (Å²) in [5.41, 5.74) is 3.30. The van der Waals surface area contributed by atoms with Crippen molar-refractivity contribution in [3.63, 3.8) is 0 Å². The molecule has 0 radical (unpaired) electrons. The van der Waals surface area contributed by atoms with Gasteiger partial charge in [-0.15, -0.1) is 0 Å². The third-order valence-corrected chi connectivity index (χ3v) is 4.51. The first kappa shape index (κ1) is 18.4. The molecule has 2 aromatic carbocycles. The molecule has 5 nitrogen and oxygen atoms in total. The highest BCUT2D eigenvalue weighted by Gasteiger charge is 2.15. The van der Waals surface area contributed by atoms with E-state index in [1.54, 1.807) is 7.11 Å². The zero-order valence-electron chi connectivity index (χ0n) is 15.3. The van der Waals surface area contributed by atoms with Gasteiger partial charge in [0.1, 0.15) is 12.3 Å². The summed E-state index contributed by atoms with van der Waals surface area (Å²) in [5.74, 6) is 2.06. The number of aromatic nitrogens is 2. The van der Waals surface area contributed by atoms with Gasteiger partial charge in [0, 0.05) is 16.1 Å². The molecule has 0 saturated heterocycles. The third kappa shape index (κ3) is 4.42. The Labute approximate surface area is 158 Å². The van der Waals surface area contributed by atoms with E-state index < -0.39 is 0 Å². The molecule has 0 spiro atoms. The van der Waals surface area contributed by atoms with Gasteiger partial charge in [-0.1, -0.05) is 47.9 Å². The standard InChI is InChI=1S/C20H22ClN3O2/c1-4-14-5-7-15(8-6-14)20-22-19(26-23-20)13-24(2)12-16-11-17(21)9-10-18(16)25-3/h5-11H,4,12-13H2,1-3H3/p+1. The summed E-state index contributed by atoms with van der Waals surface area (Å²) in [6.07, 6.45) is 1.01. The van der Waals surface area contributed by atoms with Crippen LogP contribution >= 0.6 is 11.6 Å². The molecule has 1 aromatic heterocycles. The molecule has 0 saturated carbocycles. The minimum Gasteiger partial charge on any atom is -0.496 e. The smallest absolute Gasteiger partial charge is 0.282 e. The van der Waals surface area contributed by atoms with Crippen molar-refractivity contribution in [3.8, 4) is 17.1 Å². The molecule has 1 N–H and O–H groups in total. The summed E-state index contributed by atoms with van der Waals surface area (Å²) < 4.78 is 10.8. The van der Waals surface area contributed by atoms with Gasteiger partial charge in [0.25, 0.3) is 5.89 Å². The van der Waals surface area contributed by atoms with Gasteiger partial charge in [-0.25, -0.2) is 0 Å². The third-order valence-electron chi connectivity index (χ3n) is 4.28. The minimum atomic E-state index is 0.609. The lowest BCUT2D eigenvalue weighted by Crippen LogP contribution is -3.06. The highest BCUT2D eigenvalue weighted by molar-refractivity contribution is 6.30. The zero-order chi connectivity index (χ0) is 18.5. The Kier molecular flexibility index (Phi) is 5.91. The molecule has 0 bridgehead atoms. The molecule has 0 amide bonds.